The van der Waals surface area contributed by atoms with Crippen LogP contribution in [0.5, 0.6) is 11.5 Å². The molecule has 22 heavy (non-hydrogen) atoms. The van der Waals surface area contributed by atoms with Gasteiger partial charge in [-0.3, -0.25) is 0 Å². The predicted molar refractivity (Wildman–Crippen MR) is 87.6 cm³/mol. The number of ether oxygens (including phenoxy) is 2. The molecule has 0 aromatic heterocycles. The van der Waals surface area contributed by atoms with Crippen LogP contribution in [0.2, 0.25) is 5.02 Å². The molecular formula is C15H23BClNO4. The molecule has 1 heterocycles. The zero-order valence-electron chi connectivity index (χ0n) is 13.9. The van der Waals surface area contributed by atoms with Crippen molar-refractivity contribution in [3.8, 4) is 11.5 Å². The molecule has 1 fully saturated rings. The van der Waals surface area contributed by atoms with Crippen LogP contribution in [0.4, 0.5) is 0 Å². The Kier molecular flexibility index (Phi) is 4.69. The van der Waals surface area contributed by atoms with Gasteiger partial charge in [0, 0.05) is 0 Å². The monoisotopic (exact) mass is 327 g/mol. The first kappa shape index (κ1) is 17.4. The Morgan fingerprint density at radius 1 is 1.09 bits per heavy atom. The predicted octanol–water partition coefficient (Wildman–Crippen LogP) is 2.99. The van der Waals surface area contributed by atoms with Crippen LogP contribution in [0.1, 0.15) is 39.2 Å². The van der Waals surface area contributed by atoms with Crippen LogP contribution in [0.25, 0.3) is 0 Å². The van der Waals surface area contributed by atoms with E-state index in [1.54, 1.807) is 19.2 Å². The molecule has 1 aromatic rings. The van der Waals surface area contributed by atoms with Crippen molar-refractivity contribution in [2.45, 2.75) is 44.8 Å². The molecular weight excluding hydrogens is 304 g/mol. The van der Waals surface area contributed by atoms with Crippen LogP contribution in [-0.2, 0) is 9.31 Å². The van der Waals surface area contributed by atoms with E-state index in [0.29, 0.717) is 22.1 Å². The average molecular weight is 328 g/mol. The fourth-order valence-electron chi connectivity index (χ4n) is 2.34. The lowest BCUT2D eigenvalue weighted by Gasteiger charge is -2.32. The van der Waals surface area contributed by atoms with Gasteiger partial charge in [0.25, 0.3) is 0 Å². The summed E-state index contributed by atoms with van der Waals surface area (Å²) in [7, 11) is 2.51. The number of methoxy groups -OCH3 is 2. The Balaban J connectivity index is 2.34. The summed E-state index contributed by atoms with van der Waals surface area (Å²) < 4.78 is 22.5. The lowest BCUT2D eigenvalue weighted by Crippen LogP contribution is -2.41. The molecule has 1 aliphatic heterocycles. The smallest absolute Gasteiger partial charge is 0.480 e. The summed E-state index contributed by atoms with van der Waals surface area (Å²) in [5.74, 6) is 0.472. The number of hydrogen-bond donors (Lipinski definition) is 1. The molecule has 0 aliphatic carbocycles. The second-order valence-electron chi connectivity index (χ2n) is 6.35. The normalized spacial score (nSPS) is 20.8. The second kappa shape index (κ2) is 5.93. The highest BCUT2D eigenvalue weighted by molar-refractivity contribution is 6.48. The van der Waals surface area contributed by atoms with Crippen LogP contribution in [0, 0.1) is 0 Å². The summed E-state index contributed by atoms with van der Waals surface area (Å²) in [6.45, 7) is 7.93. The van der Waals surface area contributed by atoms with E-state index in [-0.39, 0.29) is 0 Å². The van der Waals surface area contributed by atoms with Crippen molar-refractivity contribution < 1.29 is 18.8 Å². The van der Waals surface area contributed by atoms with Crippen molar-refractivity contribution in [2.24, 2.45) is 5.73 Å². The van der Waals surface area contributed by atoms with Crippen LogP contribution < -0.4 is 15.2 Å². The molecule has 122 valence electrons. The summed E-state index contributed by atoms with van der Waals surface area (Å²) >= 11 is 6.41. The van der Waals surface area contributed by atoms with Gasteiger partial charge in [-0.2, -0.15) is 0 Å². The van der Waals surface area contributed by atoms with Gasteiger partial charge in [-0.15, -0.1) is 0 Å². The summed E-state index contributed by atoms with van der Waals surface area (Å²) in [5, 5.41) is 0.407. The van der Waals surface area contributed by atoms with E-state index >= 15 is 0 Å². The summed E-state index contributed by atoms with van der Waals surface area (Å²) in [5.41, 5.74) is 6.13. The SMILES string of the molecule is COc1ccc([C@@H](N)B2OC(C)(C)C(C)(C)O2)c(Cl)c1OC. The quantitative estimate of drug-likeness (QED) is 0.861. The summed E-state index contributed by atoms with van der Waals surface area (Å²) in [6, 6.07) is 3.57. The van der Waals surface area contributed by atoms with Crippen molar-refractivity contribution in [3.63, 3.8) is 0 Å². The third-order valence-electron chi connectivity index (χ3n) is 4.44. The van der Waals surface area contributed by atoms with Gasteiger partial charge < -0.3 is 24.5 Å². The van der Waals surface area contributed by atoms with E-state index in [2.05, 4.69) is 0 Å². The number of rotatable bonds is 4. The Morgan fingerprint density at radius 2 is 1.64 bits per heavy atom. The van der Waals surface area contributed by atoms with Crippen molar-refractivity contribution in [2.75, 3.05) is 14.2 Å². The molecule has 0 saturated carbocycles. The maximum absolute atomic E-state index is 6.41. The van der Waals surface area contributed by atoms with Gasteiger partial charge >= 0.3 is 7.12 Å². The molecule has 2 N–H and O–H groups in total. The average Bonchev–Trinajstić information content (AvgIpc) is 2.66. The molecule has 0 spiro atoms. The van der Waals surface area contributed by atoms with E-state index in [1.165, 1.54) is 7.11 Å². The largest absolute Gasteiger partial charge is 0.493 e. The zero-order valence-corrected chi connectivity index (χ0v) is 14.7. The molecule has 1 atom stereocenters. The van der Waals surface area contributed by atoms with Crippen molar-refractivity contribution in [1.29, 1.82) is 0 Å². The van der Waals surface area contributed by atoms with Crippen molar-refractivity contribution in [3.05, 3.63) is 22.7 Å². The lowest BCUT2D eigenvalue weighted by atomic mass is 9.75. The molecule has 1 saturated heterocycles. The topological polar surface area (TPSA) is 62.9 Å². The van der Waals surface area contributed by atoms with Crippen LogP contribution in [0.15, 0.2) is 12.1 Å². The van der Waals surface area contributed by atoms with E-state index in [4.69, 9.17) is 36.1 Å². The van der Waals surface area contributed by atoms with E-state index in [0.717, 1.165) is 0 Å². The van der Waals surface area contributed by atoms with Gasteiger partial charge in [0.2, 0.25) is 0 Å². The number of halogens is 1. The molecule has 0 unspecified atom stereocenters. The molecule has 0 bridgehead atoms. The summed E-state index contributed by atoms with van der Waals surface area (Å²) in [6.07, 6.45) is 0. The van der Waals surface area contributed by atoms with Crippen molar-refractivity contribution >= 4 is 18.7 Å². The maximum atomic E-state index is 6.41. The van der Waals surface area contributed by atoms with Crippen LogP contribution in [-0.4, -0.2) is 32.5 Å². The molecule has 7 heteroatoms. The molecule has 5 nitrogen and oxygen atoms in total. The first-order valence-electron chi connectivity index (χ1n) is 7.16. The Bertz CT molecular complexity index is 549. The highest BCUT2D eigenvalue weighted by Gasteiger charge is 2.53. The molecule has 1 aliphatic rings. The van der Waals surface area contributed by atoms with Gasteiger partial charge in [-0.1, -0.05) is 17.7 Å². The Labute approximate surface area is 137 Å². The fourth-order valence-corrected chi connectivity index (χ4v) is 2.70. The maximum Gasteiger partial charge on any atom is 0.480 e. The van der Waals surface area contributed by atoms with Gasteiger partial charge in [0.1, 0.15) is 0 Å². The standard InChI is InChI=1S/C15H23BClNO4/c1-14(2)15(3,4)22-16(21-14)13(18)9-7-8-10(19-5)12(20-6)11(9)17/h7-8,13H,18H2,1-6H3/t13-/m1/s1. The van der Waals surface area contributed by atoms with Gasteiger partial charge in [0.15, 0.2) is 11.5 Å². The Hall–Kier alpha value is -0.945. The van der Waals surface area contributed by atoms with E-state index in [9.17, 15) is 0 Å². The van der Waals surface area contributed by atoms with E-state index < -0.39 is 24.3 Å². The van der Waals surface area contributed by atoms with Crippen molar-refractivity contribution in [1.82, 2.24) is 0 Å². The molecule has 0 radical (unpaired) electrons. The van der Waals surface area contributed by atoms with E-state index in [1.807, 2.05) is 27.7 Å². The first-order valence-corrected chi connectivity index (χ1v) is 7.54. The zero-order chi connectivity index (χ0) is 16.7. The third kappa shape index (κ3) is 2.81. The minimum Gasteiger partial charge on any atom is -0.493 e. The highest BCUT2D eigenvalue weighted by Crippen LogP contribution is 2.43. The van der Waals surface area contributed by atoms with Gasteiger partial charge in [0.05, 0.1) is 36.4 Å². The van der Waals surface area contributed by atoms with Crippen LogP contribution >= 0.6 is 11.6 Å². The highest BCUT2D eigenvalue weighted by atomic mass is 35.5. The number of hydrogen-bond acceptors (Lipinski definition) is 5. The van der Waals surface area contributed by atoms with Gasteiger partial charge in [-0.25, -0.2) is 0 Å². The fraction of sp³-hybridized carbons (Fsp3) is 0.600. The van der Waals surface area contributed by atoms with Gasteiger partial charge in [-0.05, 0) is 39.3 Å². The first-order chi connectivity index (χ1) is 10.1. The summed E-state index contributed by atoms with van der Waals surface area (Å²) in [4.78, 5) is 0. The van der Waals surface area contributed by atoms with Crippen LogP contribution in [0.3, 0.4) is 0 Å². The second-order valence-corrected chi connectivity index (χ2v) is 6.73. The lowest BCUT2D eigenvalue weighted by molar-refractivity contribution is 0.00578. The minimum absolute atomic E-state index is 0.407. The number of benzene rings is 1. The molecule has 2 rings (SSSR count). The molecule has 1 aromatic carbocycles. The Morgan fingerprint density at radius 3 is 2.09 bits per heavy atom. The molecule has 0 amide bonds. The minimum atomic E-state index is -0.583. The third-order valence-corrected chi connectivity index (χ3v) is 4.83. The number of nitrogens with two attached hydrogens (primary N) is 1.